The molecular weight excluding hydrogens is 224 g/mol. The van der Waals surface area contributed by atoms with Crippen LogP contribution < -0.4 is 11.1 Å². The zero-order chi connectivity index (χ0) is 13.5. The molecule has 0 spiro atoms. The number of methoxy groups -OCH3 is 1. The number of ether oxygens (including phenoxy) is 1. The second-order valence-corrected chi connectivity index (χ2v) is 4.28. The lowest BCUT2D eigenvalue weighted by atomic mass is 9.86. The van der Waals surface area contributed by atoms with E-state index in [0.29, 0.717) is 6.42 Å². The van der Waals surface area contributed by atoms with Crippen LogP contribution in [0, 0.1) is 5.41 Å². The molecule has 6 heteroatoms. The molecule has 0 saturated carbocycles. The van der Waals surface area contributed by atoms with E-state index in [0.717, 1.165) is 0 Å². The van der Waals surface area contributed by atoms with E-state index in [1.807, 2.05) is 6.92 Å². The third-order valence-corrected chi connectivity index (χ3v) is 3.00. The molecule has 6 nitrogen and oxygen atoms in total. The Labute approximate surface area is 102 Å². The number of carbonyl (C=O) groups is 2. The lowest BCUT2D eigenvalue weighted by molar-refractivity contribution is -0.140. The van der Waals surface area contributed by atoms with E-state index >= 15 is 0 Å². The summed E-state index contributed by atoms with van der Waals surface area (Å²) in [7, 11) is 1.42. The van der Waals surface area contributed by atoms with Gasteiger partial charge in [-0.15, -0.1) is 0 Å². The molecule has 4 N–H and O–H groups in total. The minimum absolute atomic E-state index is 0.137. The first-order valence-electron chi connectivity index (χ1n) is 5.62. The topological polar surface area (TPSA) is 102 Å². The van der Waals surface area contributed by atoms with Crippen molar-refractivity contribution in [1.29, 1.82) is 0 Å². The highest BCUT2D eigenvalue weighted by Gasteiger charge is 2.29. The van der Waals surface area contributed by atoms with Gasteiger partial charge in [-0.25, -0.2) is 0 Å². The van der Waals surface area contributed by atoms with Crippen molar-refractivity contribution in [2.24, 2.45) is 11.1 Å². The van der Waals surface area contributed by atoms with Gasteiger partial charge < -0.3 is 20.9 Å². The van der Waals surface area contributed by atoms with Crippen molar-refractivity contribution in [1.82, 2.24) is 5.32 Å². The second-order valence-electron chi connectivity index (χ2n) is 4.28. The molecule has 0 heterocycles. The van der Waals surface area contributed by atoms with Crippen LogP contribution >= 0.6 is 0 Å². The second kappa shape index (κ2) is 7.24. The normalized spacial score (nSPS) is 16.0. The monoisotopic (exact) mass is 246 g/mol. The number of nitrogens with two attached hydrogens (primary N) is 1. The summed E-state index contributed by atoms with van der Waals surface area (Å²) in [6, 6.07) is 0. The Morgan fingerprint density at radius 1 is 1.53 bits per heavy atom. The molecule has 0 fully saturated rings. The molecule has 2 atom stereocenters. The van der Waals surface area contributed by atoms with Crippen LogP contribution in [0.5, 0.6) is 0 Å². The molecule has 0 bridgehead atoms. The molecule has 1 amide bonds. The predicted octanol–water partition coefficient (Wildman–Crippen LogP) is -0.0327. The zero-order valence-electron chi connectivity index (χ0n) is 10.7. The third kappa shape index (κ3) is 5.14. The minimum Gasteiger partial charge on any atom is -0.481 e. The van der Waals surface area contributed by atoms with E-state index in [2.05, 4.69) is 5.32 Å². The SMILES string of the molecule is CCC(C)(CN)C(=O)NCC(CC(=O)O)OC. The average Bonchev–Trinajstić information content (AvgIpc) is 2.32. The molecule has 0 aromatic heterocycles. The van der Waals surface area contributed by atoms with Gasteiger partial charge in [-0.05, 0) is 13.3 Å². The Hall–Kier alpha value is -1.14. The van der Waals surface area contributed by atoms with Gasteiger partial charge in [0.15, 0.2) is 0 Å². The van der Waals surface area contributed by atoms with Crippen LogP contribution in [0.4, 0.5) is 0 Å². The van der Waals surface area contributed by atoms with Gasteiger partial charge in [0.1, 0.15) is 0 Å². The number of aliphatic carboxylic acids is 1. The number of carbonyl (C=O) groups excluding carboxylic acids is 1. The van der Waals surface area contributed by atoms with E-state index < -0.39 is 17.5 Å². The summed E-state index contributed by atoms with van der Waals surface area (Å²) in [6.45, 7) is 4.10. The molecule has 0 saturated heterocycles. The van der Waals surface area contributed by atoms with Crippen molar-refractivity contribution >= 4 is 11.9 Å². The van der Waals surface area contributed by atoms with Crippen LogP contribution in [-0.2, 0) is 14.3 Å². The Morgan fingerprint density at radius 2 is 2.12 bits per heavy atom. The van der Waals surface area contributed by atoms with E-state index in [4.69, 9.17) is 15.6 Å². The zero-order valence-corrected chi connectivity index (χ0v) is 10.7. The van der Waals surface area contributed by atoms with Crippen LogP contribution in [0.1, 0.15) is 26.7 Å². The summed E-state index contributed by atoms with van der Waals surface area (Å²) in [4.78, 5) is 22.3. The molecule has 0 rings (SSSR count). The van der Waals surface area contributed by atoms with Crippen molar-refractivity contribution in [3.8, 4) is 0 Å². The molecule has 2 unspecified atom stereocenters. The molecule has 0 aromatic carbocycles. The summed E-state index contributed by atoms with van der Waals surface area (Å²) in [5.41, 5.74) is 4.94. The van der Waals surface area contributed by atoms with Crippen molar-refractivity contribution < 1.29 is 19.4 Å². The fraction of sp³-hybridized carbons (Fsp3) is 0.818. The molecule has 0 aliphatic rings. The Bertz CT molecular complexity index is 264. The molecular formula is C11H22N2O4. The number of hydrogen-bond acceptors (Lipinski definition) is 4. The summed E-state index contributed by atoms with van der Waals surface area (Å²) in [6.07, 6.45) is -0.0240. The molecule has 100 valence electrons. The third-order valence-electron chi connectivity index (χ3n) is 3.00. The molecule has 0 aliphatic carbocycles. The van der Waals surface area contributed by atoms with Gasteiger partial charge in [0.05, 0.1) is 17.9 Å². The van der Waals surface area contributed by atoms with Crippen molar-refractivity contribution in [3.63, 3.8) is 0 Å². The van der Waals surface area contributed by atoms with Gasteiger partial charge in [-0.1, -0.05) is 6.92 Å². The van der Waals surface area contributed by atoms with Crippen molar-refractivity contribution in [2.75, 3.05) is 20.2 Å². The number of amides is 1. The first kappa shape index (κ1) is 15.9. The number of rotatable bonds is 8. The molecule has 0 aliphatic heterocycles. The van der Waals surface area contributed by atoms with Crippen LogP contribution in [0.2, 0.25) is 0 Å². The van der Waals surface area contributed by atoms with Crippen LogP contribution in [-0.4, -0.2) is 43.3 Å². The van der Waals surface area contributed by atoms with Crippen LogP contribution in [0.3, 0.4) is 0 Å². The number of hydrogen-bond donors (Lipinski definition) is 3. The van der Waals surface area contributed by atoms with Gasteiger partial charge in [0.2, 0.25) is 5.91 Å². The minimum atomic E-state index is -0.955. The van der Waals surface area contributed by atoms with Gasteiger partial charge in [0, 0.05) is 20.2 Å². The van der Waals surface area contributed by atoms with E-state index in [9.17, 15) is 9.59 Å². The maximum absolute atomic E-state index is 11.8. The highest BCUT2D eigenvalue weighted by molar-refractivity contribution is 5.82. The summed E-state index contributed by atoms with van der Waals surface area (Å²) in [5, 5.41) is 11.3. The van der Waals surface area contributed by atoms with E-state index in [-0.39, 0.29) is 25.4 Å². The molecule has 0 aromatic rings. The average molecular weight is 246 g/mol. The van der Waals surface area contributed by atoms with E-state index in [1.165, 1.54) is 7.11 Å². The standard InChI is InChI=1S/C11H22N2O4/c1-4-11(2,7-12)10(16)13-6-8(17-3)5-9(14)15/h8H,4-7,12H2,1-3H3,(H,13,16)(H,14,15). The number of nitrogens with one attached hydrogen (secondary N) is 1. The van der Waals surface area contributed by atoms with Gasteiger partial charge in [-0.2, -0.15) is 0 Å². The van der Waals surface area contributed by atoms with Crippen LogP contribution in [0.25, 0.3) is 0 Å². The fourth-order valence-electron chi connectivity index (χ4n) is 1.25. The van der Waals surface area contributed by atoms with Crippen LogP contribution in [0.15, 0.2) is 0 Å². The number of carboxylic acid groups (broad SMARTS) is 1. The largest absolute Gasteiger partial charge is 0.481 e. The highest BCUT2D eigenvalue weighted by atomic mass is 16.5. The smallest absolute Gasteiger partial charge is 0.306 e. The lowest BCUT2D eigenvalue weighted by Gasteiger charge is -2.26. The number of carboxylic acids is 1. The first-order valence-corrected chi connectivity index (χ1v) is 5.62. The van der Waals surface area contributed by atoms with Gasteiger partial charge in [-0.3, -0.25) is 9.59 Å². The fourth-order valence-corrected chi connectivity index (χ4v) is 1.25. The van der Waals surface area contributed by atoms with Gasteiger partial charge >= 0.3 is 5.97 Å². The molecule has 17 heavy (non-hydrogen) atoms. The van der Waals surface area contributed by atoms with Crippen molar-refractivity contribution in [3.05, 3.63) is 0 Å². The maximum Gasteiger partial charge on any atom is 0.306 e. The summed E-state index contributed by atoms with van der Waals surface area (Å²) < 4.78 is 4.96. The Balaban J connectivity index is 4.25. The van der Waals surface area contributed by atoms with E-state index in [1.54, 1.807) is 6.92 Å². The Kier molecular flexibility index (Phi) is 6.75. The first-order chi connectivity index (χ1) is 7.89. The lowest BCUT2D eigenvalue weighted by Crippen LogP contribution is -2.46. The Morgan fingerprint density at radius 3 is 2.47 bits per heavy atom. The molecule has 0 radical (unpaired) electrons. The highest BCUT2D eigenvalue weighted by Crippen LogP contribution is 2.18. The summed E-state index contributed by atoms with van der Waals surface area (Å²) in [5.74, 6) is -1.13. The van der Waals surface area contributed by atoms with Crippen molar-refractivity contribution in [2.45, 2.75) is 32.8 Å². The van der Waals surface area contributed by atoms with Gasteiger partial charge in [0.25, 0.3) is 0 Å². The quantitative estimate of drug-likeness (QED) is 0.558. The predicted molar refractivity (Wildman–Crippen MR) is 63.5 cm³/mol. The maximum atomic E-state index is 11.8. The summed E-state index contributed by atoms with van der Waals surface area (Å²) >= 11 is 0.